The monoisotopic (exact) mass is 246 g/mol. The molecule has 0 aromatic rings. The third-order valence-electron chi connectivity index (χ3n) is 0.711. The molecule has 0 bridgehead atoms. The van der Waals surface area contributed by atoms with Gasteiger partial charge in [-0.25, -0.2) is 0 Å². The number of halogens is 1. The Balaban J connectivity index is 0. The lowest BCUT2D eigenvalue weighted by Gasteiger charge is -2.11. The molecule has 0 aromatic carbocycles. The van der Waals surface area contributed by atoms with E-state index in [2.05, 4.69) is 13.2 Å². The molecule has 0 fully saturated rings. The van der Waals surface area contributed by atoms with Crippen molar-refractivity contribution in [3.63, 3.8) is 0 Å². The predicted octanol–water partition coefficient (Wildman–Crippen LogP) is 2.75. The highest BCUT2D eigenvalue weighted by atomic mass is 35.5. The Morgan fingerprint density at radius 2 is 2.08 bits per heavy atom. The standard InChI is InChI=1S/C6H11O2PS2.ClH/c1-3-5-8-9(7,10)11-6-4-2;/h3-4H,1-2,5-6H2,(H,7,10);1H. The molecular formula is C6H12ClO2PS2. The van der Waals surface area contributed by atoms with Crippen LogP contribution in [0, 0.1) is 0 Å². The second-order valence-corrected chi connectivity index (χ2v) is 7.86. The average Bonchev–Trinajstić information content (AvgIpc) is 1.97. The molecule has 1 unspecified atom stereocenters. The van der Waals surface area contributed by atoms with Crippen LogP contribution in [0.3, 0.4) is 0 Å². The molecule has 6 heteroatoms. The van der Waals surface area contributed by atoms with Gasteiger partial charge >= 0.3 is 0 Å². The largest absolute Gasteiger partial charge is 0.337 e. The lowest BCUT2D eigenvalue weighted by atomic mass is 10.7. The molecule has 0 aromatic heterocycles. The van der Waals surface area contributed by atoms with E-state index in [-0.39, 0.29) is 12.4 Å². The van der Waals surface area contributed by atoms with Crippen molar-refractivity contribution < 1.29 is 9.42 Å². The second-order valence-electron chi connectivity index (χ2n) is 1.64. The number of hydrogen-bond acceptors (Lipinski definition) is 3. The summed E-state index contributed by atoms with van der Waals surface area (Å²) in [6, 6.07) is 0. The maximum atomic E-state index is 9.35. The molecule has 0 aliphatic carbocycles. The third kappa shape index (κ3) is 8.78. The summed E-state index contributed by atoms with van der Waals surface area (Å²) in [5, 5.41) is 0. The minimum Gasteiger partial charge on any atom is -0.337 e. The van der Waals surface area contributed by atoms with Gasteiger partial charge in [-0.15, -0.1) is 25.6 Å². The van der Waals surface area contributed by atoms with Crippen molar-refractivity contribution in [2.45, 2.75) is 0 Å². The summed E-state index contributed by atoms with van der Waals surface area (Å²) in [6.45, 7) is 7.26. The van der Waals surface area contributed by atoms with Crippen molar-refractivity contribution >= 4 is 41.3 Å². The van der Waals surface area contributed by atoms with Gasteiger partial charge in [0.1, 0.15) is 0 Å². The van der Waals surface area contributed by atoms with Gasteiger partial charge in [-0.2, -0.15) is 0 Å². The van der Waals surface area contributed by atoms with Crippen LogP contribution in [0.1, 0.15) is 0 Å². The molecule has 2 nitrogen and oxygen atoms in total. The fourth-order valence-electron chi connectivity index (χ4n) is 0.331. The zero-order chi connectivity index (χ0) is 8.74. The minimum atomic E-state index is -2.62. The molecule has 0 saturated heterocycles. The zero-order valence-electron chi connectivity index (χ0n) is 6.51. The Kier molecular flexibility index (Phi) is 10.5. The summed E-state index contributed by atoms with van der Waals surface area (Å²) < 4.78 is 4.96. The minimum absolute atomic E-state index is 0. The molecule has 0 rings (SSSR count). The highest BCUT2D eigenvalue weighted by Gasteiger charge is 2.11. The quantitative estimate of drug-likeness (QED) is 0.577. The lowest BCUT2D eigenvalue weighted by molar-refractivity contribution is 0.361. The van der Waals surface area contributed by atoms with Gasteiger partial charge in [0.2, 0.25) is 5.69 Å². The maximum absolute atomic E-state index is 9.35. The molecule has 0 spiro atoms. The van der Waals surface area contributed by atoms with Gasteiger partial charge in [-0.3, -0.25) is 0 Å². The Morgan fingerprint density at radius 1 is 1.50 bits per heavy atom. The Morgan fingerprint density at radius 3 is 2.50 bits per heavy atom. The molecule has 72 valence electrons. The first-order valence-corrected chi connectivity index (χ1v) is 7.22. The fraction of sp³-hybridized carbons (Fsp3) is 0.333. The summed E-state index contributed by atoms with van der Waals surface area (Å²) in [5.41, 5.74) is -2.62. The summed E-state index contributed by atoms with van der Waals surface area (Å²) >= 11 is 6.00. The molecular weight excluding hydrogens is 235 g/mol. The van der Waals surface area contributed by atoms with E-state index >= 15 is 0 Å². The van der Waals surface area contributed by atoms with Gasteiger partial charge in [0.05, 0.1) is 6.61 Å². The van der Waals surface area contributed by atoms with Crippen molar-refractivity contribution in [1.82, 2.24) is 0 Å². The van der Waals surface area contributed by atoms with Crippen LogP contribution in [0.4, 0.5) is 0 Å². The van der Waals surface area contributed by atoms with Crippen LogP contribution in [-0.4, -0.2) is 17.3 Å². The first-order chi connectivity index (χ1) is 5.12. The normalized spacial score (nSPS) is 14.1. The van der Waals surface area contributed by atoms with E-state index in [0.29, 0.717) is 12.4 Å². The van der Waals surface area contributed by atoms with E-state index in [1.54, 1.807) is 12.2 Å². The Hall–Kier alpha value is 0.690. The molecule has 12 heavy (non-hydrogen) atoms. The fourth-order valence-corrected chi connectivity index (χ4v) is 3.01. The predicted molar refractivity (Wildman–Crippen MR) is 62.6 cm³/mol. The van der Waals surface area contributed by atoms with Crippen LogP contribution in [-0.2, 0) is 16.3 Å². The summed E-state index contributed by atoms with van der Waals surface area (Å²) in [5.74, 6) is 0.616. The average molecular weight is 247 g/mol. The SMILES string of the molecule is C=CCOP(O)(=S)SCC=C.Cl. The van der Waals surface area contributed by atoms with Gasteiger partial charge < -0.3 is 9.42 Å². The molecule has 0 heterocycles. The topological polar surface area (TPSA) is 29.5 Å². The lowest BCUT2D eigenvalue weighted by Crippen LogP contribution is -1.85. The molecule has 0 radical (unpaired) electrons. The number of rotatable bonds is 6. The highest BCUT2D eigenvalue weighted by molar-refractivity contribution is 8.67. The van der Waals surface area contributed by atoms with Gasteiger partial charge in [0.25, 0.3) is 0 Å². The van der Waals surface area contributed by atoms with Crippen LogP contribution in [0.2, 0.25) is 0 Å². The van der Waals surface area contributed by atoms with Crippen LogP contribution in [0.15, 0.2) is 25.3 Å². The van der Waals surface area contributed by atoms with E-state index in [4.69, 9.17) is 16.3 Å². The first-order valence-electron chi connectivity index (χ1n) is 2.96. The smallest absolute Gasteiger partial charge is 0.245 e. The molecule has 0 amide bonds. The molecule has 1 N–H and O–H groups in total. The van der Waals surface area contributed by atoms with Crippen molar-refractivity contribution in [1.29, 1.82) is 0 Å². The van der Waals surface area contributed by atoms with Crippen LogP contribution in [0.5, 0.6) is 0 Å². The first kappa shape index (κ1) is 15.2. The van der Waals surface area contributed by atoms with Gasteiger partial charge in [0, 0.05) is 5.75 Å². The summed E-state index contributed by atoms with van der Waals surface area (Å²) in [4.78, 5) is 9.35. The third-order valence-corrected chi connectivity index (χ3v) is 4.90. The Bertz CT molecular complexity index is 170. The Labute approximate surface area is 88.4 Å². The summed E-state index contributed by atoms with van der Waals surface area (Å²) in [6.07, 6.45) is 3.24. The van der Waals surface area contributed by atoms with Gasteiger partial charge in [0.15, 0.2) is 0 Å². The molecule has 1 atom stereocenters. The van der Waals surface area contributed by atoms with E-state index < -0.39 is 5.69 Å². The van der Waals surface area contributed by atoms with Crippen LogP contribution in [0.25, 0.3) is 0 Å². The van der Waals surface area contributed by atoms with E-state index in [0.717, 1.165) is 0 Å². The molecule has 0 saturated carbocycles. The second kappa shape index (κ2) is 8.30. The zero-order valence-corrected chi connectivity index (χ0v) is 9.85. The van der Waals surface area contributed by atoms with Crippen molar-refractivity contribution in [2.24, 2.45) is 0 Å². The van der Waals surface area contributed by atoms with Gasteiger partial charge in [-0.05, 0) is 11.8 Å². The van der Waals surface area contributed by atoms with Crippen molar-refractivity contribution in [3.8, 4) is 0 Å². The van der Waals surface area contributed by atoms with Crippen molar-refractivity contribution in [3.05, 3.63) is 25.3 Å². The van der Waals surface area contributed by atoms with E-state index in [9.17, 15) is 4.89 Å². The molecule has 0 aliphatic rings. The van der Waals surface area contributed by atoms with E-state index in [1.165, 1.54) is 11.4 Å². The van der Waals surface area contributed by atoms with Gasteiger partial charge in [-0.1, -0.05) is 23.5 Å². The maximum Gasteiger partial charge on any atom is 0.245 e. The number of hydrogen-bond donors (Lipinski definition) is 1. The van der Waals surface area contributed by atoms with Crippen LogP contribution < -0.4 is 0 Å². The van der Waals surface area contributed by atoms with E-state index in [1.807, 2.05) is 0 Å². The summed E-state index contributed by atoms with van der Waals surface area (Å²) in [7, 11) is 0. The van der Waals surface area contributed by atoms with Crippen LogP contribution >= 0.6 is 29.5 Å². The highest BCUT2D eigenvalue weighted by Crippen LogP contribution is 2.55. The van der Waals surface area contributed by atoms with Crippen molar-refractivity contribution in [2.75, 3.05) is 12.4 Å². The molecule has 0 aliphatic heterocycles.